The SMILES string of the molecule is C=C1CSCC(OCCO)CSC1. The van der Waals surface area contributed by atoms with Gasteiger partial charge in [-0.05, 0) is 0 Å². The van der Waals surface area contributed by atoms with Gasteiger partial charge in [-0.15, -0.1) is 0 Å². The van der Waals surface area contributed by atoms with Crippen LogP contribution in [0.4, 0.5) is 0 Å². The summed E-state index contributed by atoms with van der Waals surface area (Å²) >= 11 is 3.75. The molecule has 1 saturated heterocycles. The van der Waals surface area contributed by atoms with E-state index in [1.807, 2.05) is 23.5 Å². The van der Waals surface area contributed by atoms with Crippen molar-refractivity contribution >= 4 is 23.5 Å². The average Bonchev–Trinajstić information content (AvgIpc) is 2.09. The minimum absolute atomic E-state index is 0.124. The Hall–Kier alpha value is 0.360. The lowest BCUT2D eigenvalue weighted by atomic mass is 10.4. The van der Waals surface area contributed by atoms with E-state index >= 15 is 0 Å². The van der Waals surface area contributed by atoms with Crippen molar-refractivity contribution in [2.75, 3.05) is 36.2 Å². The Kier molecular flexibility index (Phi) is 5.95. The highest BCUT2D eigenvalue weighted by molar-refractivity contribution is 8.01. The molecule has 0 aromatic rings. The molecule has 1 aliphatic heterocycles. The highest BCUT2D eigenvalue weighted by Crippen LogP contribution is 2.20. The Labute approximate surface area is 88.1 Å². The number of ether oxygens (including phenoxy) is 1. The molecule has 0 radical (unpaired) electrons. The predicted octanol–water partition coefficient (Wildman–Crippen LogP) is 1.40. The topological polar surface area (TPSA) is 29.5 Å². The van der Waals surface area contributed by atoms with Crippen LogP contribution >= 0.6 is 23.5 Å². The Morgan fingerprint density at radius 1 is 1.38 bits per heavy atom. The van der Waals surface area contributed by atoms with E-state index in [-0.39, 0.29) is 6.61 Å². The molecule has 0 spiro atoms. The zero-order chi connectivity index (χ0) is 9.52. The molecule has 0 amide bonds. The molecule has 1 N–H and O–H groups in total. The molecule has 4 heteroatoms. The van der Waals surface area contributed by atoms with E-state index in [9.17, 15) is 0 Å². The highest BCUT2D eigenvalue weighted by atomic mass is 32.2. The van der Waals surface area contributed by atoms with Gasteiger partial charge in [0.15, 0.2) is 0 Å². The van der Waals surface area contributed by atoms with Gasteiger partial charge in [0.25, 0.3) is 0 Å². The van der Waals surface area contributed by atoms with Gasteiger partial charge in [-0.1, -0.05) is 12.2 Å². The Morgan fingerprint density at radius 2 is 2.00 bits per heavy atom. The lowest BCUT2D eigenvalue weighted by Gasteiger charge is -2.20. The van der Waals surface area contributed by atoms with E-state index in [1.54, 1.807) is 0 Å². The molecule has 76 valence electrons. The van der Waals surface area contributed by atoms with Crippen LogP contribution in [0, 0.1) is 0 Å². The van der Waals surface area contributed by atoms with Crippen LogP contribution in [0.1, 0.15) is 0 Å². The molecule has 0 saturated carbocycles. The molecule has 13 heavy (non-hydrogen) atoms. The lowest BCUT2D eigenvalue weighted by molar-refractivity contribution is 0.0544. The molecule has 0 unspecified atom stereocenters. The maximum atomic E-state index is 8.61. The van der Waals surface area contributed by atoms with Crippen LogP contribution in [0.5, 0.6) is 0 Å². The number of hydrogen-bond donors (Lipinski definition) is 1. The van der Waals surface area contributed by atoms with Crippen LogP contribution in [0.2, 0.25) is 0 Å². The second kappa shape index (κ2) is 6.76. The first-order chi connectivity index (χ1) is 6.33. The van der Waals surface area contributed by atoms with E-state index in [0.717, 1.165) is 23.0 Å². The monoisotopic (exact) mass is 220 g/mol. The van der Waals surface area contributed by atoms with Crippen LogP contribution in [-0.4, -0.2) is 47.4 Å². The van der Waals surface area contributed by atoms with E-state index in [0.29, 0.717) is 12.7 Å². The third-order valence-electron chi connectivity index (χ3n) is 1.66. The maximum absolute atomic E-state index is 8.61. The largest absolute Gasteiger partial charge is 0.394 e. The van der Waals surface area contributed by atoms with Gasteiger partial charge in [0.2, 0.25) is 0 Å². The van der Waals surface area contributed by atoms with Crippen molar-refractivity contribution in [1.29, 1.82) is 0 Å². The van der Waals surface area contributed by atoms with Gasteiger partial charge in [0.1, 0.15) is 0 Å². The van der Waals surface area contributed by atoms with Crippen LogP contribution in [0.3, 0.4) is 0 Å². The summed E-state index contributed by atoms with van der Waals surface area (Å²) in [7, 11) is 0. The number of hydrogen-bond acceptors (Lipinski definition) is 4. The van der Waals surface area contributed by atoms with E-state index in [2.05, 4.69) is 6.58 Å². The van der Waals surface area contributed by atoms with Crippen molar-refractivity contribution in [3.05, 3.63) is 12.2 Å². The second-order valence-electron chi connectivity index (χ2n) is 3.00. The first kappa shape index (κ1) is 11.4. The molecular formula is C9H16O2S2. The van der Waals surface area contributed by atoms with Crippen LogP contribution < -0.4 is 0 Å². The average molecular weight is 220 g/mol. The zero-order valence-electron chi connectivity index (χ0n) is 7.70. The summed E-state index contributed by atoms with van der Waals surface area (Å²) in [5.41, 5.74) is 1.32. The molecule has 1 aliphatic rings. The summed E-state index contributed by atoms with van der Waals surface area (Å²) in [4.78, 5) is 0. The molecule has 1 fully saturated rings. The Morgan fingerprint density at radius 3 is 2.54 bits per heavy atom. The van der Waals surface area contributed by atoms with Crippen molar-refractivity contribution in [3.8, 4) is 0 Å². The number of aliphatic hydroxyl groups is 1. The molecule has 0 aromatic heterocycles. The summed E-state index contributed by atoms with van der Waals surface area (Å²) < 4.78 is 5.48. The third-order valence-corrected chi connectivity index (χ3v) is 4.10. The Balaban J connectivity index is 2.20. The van der Waals surface area contributed by atoms with E-state index in [1.165, 1.54) is 5.57 Å². The van der Waals surface area contributed by atoms with Crippen LogP contribution in [0.15, 0.2) is 12.2 Å². The fraction of sp³-hybridized carbons (Fsp3) is 0.778. The Bertz CT molecular complexity index is 150. The smallest absolute Gasteiger partial charge is 0.0757 e. The van der Waals surface area contributed by atoms with Gasteiger partial charge >= 0.3 is 0 Å². The minimum Gasteiger partial charge on any atom is -0.394 e. The number of aliphatic hydroxyl groups excluding tert-OH is 1. The predicted molar refractivity (Wildman–Crippen MR) is 60.6 cm³/mol. The minimum atomic E-state index is 0.124. The van der Waals surface area contributed by atoms with Crippen molar-refractivity contribution in [1.82, 2.24) is 0 Å². The quantitative estimate of drug-likeness (QED) is 0.728. The standard InChI is InChI=1S/C9H16O2S2/c1-8-4-12-6-9(7-13-5-8)11-3-2-10/h9-10H,1-7H2. The molecule has 0 atom stereocenters. The van der Waals surface area contributed by atoms with E-state index in [4.69, 9.17) is 9.84 Å². The first-order valence-corrected chi connectivity index (χ1v) is 6.68. The molecule has 2 nitrogen and oxygen atoms in total. The van der Waals surface area contributed by atoms with Crippen molar-refractivity contribution in [3.63, 3.8) is 0 Å². The normalized spacial score (nSPS) is 21.2. The summed E-state index contributed by atoms with van der Waals surface area (Å²) in [6.45, 7) is 4.57. The summed E-state index contributed by atoms with van der Waals surface area (Å²) in [6, 6.07) is 0. The second-order valence-corrected chi connectivity index (χ2v) is 5.06. The van der Waals surface area contributed by atoms with Crippen LogP contribution in [-0.2, 0) is 4.74 Å². The lowest BCUT2D eigenvalue weighted by Crippen LogP contribution is -2.23. The fourth-order valence-electron chi connectivity index (χ4n) is 1.07. The van der Waals surface area contributed by atoms with Crippen molar-refractivity contribution in [2.24, 2.45) is 0 Å². The maximum Gasteiger partial charge on any atom is 0.0757 e. The van der Waals surface area contributed by atoms with Gasteiger partial charge < -0.3 is 9.84 Å². The van der Waals surface area contributed by atoms with E-state index < -0.39 is 0 Å². The van der Waals surface area contributed by atoms with Crippen LogP contribution in [0.25, 0.3) is 0 Å². The van der Waals surface area contributed by atoms with Gasteiger partial charge in [-0.2, -0.15) is 23.5 Å². The van der Waals surface area contributed by atoms with Gasteiger partial charge in [-0.25, -0.2) is 0 Å². The molecule has 1 rings (SSSR count). The highest BCUT2D eigenvalue weighted by Gasteiger charge is 2.12. The van der Waals surface area contributed by atoms with Gasteiger partial charge in [0.05, 0.1) is 19.3 Å². The summed E-state index contributed by atoms with van der Waals surface area (Å²) in [5, 5.41) is 8.61. The molecule has 0 bridgehead atoms. The third kappa shape index (κ3) is 4.96. The first-order valence-electron chi connectivity index (χ1n) is 4.37. The number of thioether (sulfide) groups is 2. The van der Waals surface area contributed by atoms with Crippen molar-refractivity contribution < 1.29 is 9.84 Å². The van der Waals surface area contributed by atoms with Gasteiger partial charge in [-0.3, -0.25) is 0 Å². The zero-order valence-corrected chi connectivity index (χ0v) is 9.33. The van der Waals surface area contributed by atoms with Crippen molar-refractivity contribution in [2.45, 2.75) is 6.10 Å². The summed E-state index contributed by atoms with van der Waals surface area (Å²) in [5.74, 6) is 4.13. The molecular weight excluding hydrogens is 204 g/mol. The molecule has 1 heterocycles. The van der Waals surface area contributed by atoms with Gasteiger partial charge in [0, 0.05) is 23.0 Å². The fourth-order valence-corrected chi connectivity index (χ4v) is 3.32. The summed E-state index contributed by atoms with van der Waals surface area (Å²) in [6.07, 6.45) is 0.301. The number of rotatable bonds is 3. The molecule has 0 aliphatic carbocycles. The molecule has 0 aromatic carbocycles.